The SMILES string of the molecule is CCN(CC)C(=O)C(Cc1ccc(Oc2ccc(Cl)cn2)cc1)C(=O)NS(=O)(=O)C=Cc1ccccc1. The van der Waals surface area contributed by atoms with Crippen LogP contribution in [0.5, 0.6) is 11.6 Å². The van der Waals surface area contributed by atoms with Gasteiger partial charge in [-0.1, -0.05) is 54.1 Å². The minimum Gasteiger partial charge on any atom is -0.439 e. The van der Waals surface area contributed by atoms with Gasteiger partial charge in [0.15, 0.2) is 0 Å². The molecule has 1 heterocycles. The Hall–Kier alpha value is -3.69. The second-order valence-corrected chi connectivity index (χ2v) is 10.1. The van der Waals surface area contributed by atoms with E-state index in [1.807, 2.05) is 10.8 Å². The molecule has 0 saturated heterocycles. The minimum atomic E-state index is -4.12. The van der Waals surface area contributed by atoms with Crippen molar-refractivity contribution in [3.05, 3.63) is 94.5 Å². The van der Waals surface area contributed by atoms with Crippen molar-refractivity contribution < 1.29 is 22.7 Å². The fourth-order valence-corrected chi connectivity index (χ4v) is 4.44. The molecule has 3 aromatic rings. The average Bonchev–Trinajstić information content (AvgIpc) is 2.89. The third-order valence-corrected chi connectivity index (χ3v) is 6.66. The van der Waals surface area contributed by atoms with Gasteiger partial charge in [0.05, 0.1) is 10.4 Å². The smallest absolute Gasteiger partial charge is 0.257 e. The molecule has 10 heteroatoms. The summed E-state index contributed by atoms with van der Waals surface area (Å²) < 4.78 is 32.8. The highest BCUT2D eigenvalue weighted by molar-refractivity contribution is 7.93. The maximum atomic E-state index is 13.2. The van der Waals surface area contributed by atoms with Gasteiger partial charge in [-0.15, -0.1) is 0 Å². The first-order chi connectivity index (χ1) is 17.7. The Labute approximate surface area is 222 Å². The highest BCUT2D eigenvalue weighted by Crippen LogP contribution is 2.22. The summed E-state index contributed by atoms with van der Waals surface area (Å²) >= 11 is 5.84. The number of benzene rings is 2. The molecule has 1 unspecified atom stereocenters. The number of ether oxygens (including phenoxy) is 1. The van der Waals surface area contributed by atoms with Gasteiger partial charge in [-0.05, 0) is 55.7 Å². The van der Waals surface area contributed by atoms with Gasteiger partial charge in [0.1, 0.15) is 11.7 Å². The molecule has 0 aliphatic carbocycles. The van der Waals surface area contributed by atoms with Crippen LogP contribution < -0.4 is 9.46 Å². The molecule has 0 spiro atoms. The van der Waals surface area contributed by atoms with E-state index >= 15 is 0 Å². The number of aromatic nitrogens is 1. The predicted octanol–water partition coefficient (Wildman–Crippen LogP) is 4.67. The van der Waals surface area contributed by atoms with Crippen LogP contribution in [0, 0.1) is 5.92 Å². The Morgan fingerprint density at radius 1 is 1.03 bits per heavy atom. The van der Waals surface area contributed by atoms with Crippen LogP contribution in [0.15, 0.2) is 78.3 Å². The van der Waals surface area contributed by atoms with E-state index in [2.05, 4.69) is 4.98 Å². The van der Waals surface area contributed by atoms with Gasteiger partial charge in [-0.25, -0.2) is 18.1 Å². The summed E-state index contributed by atoms with van der Waals surface area (Å²) in [6.45, 7) is 4.38. The number of nitrogens with zero attached hydrogens (tertiary/aromatic N) is 2. The molecule has 0 aliphatic rings. The molecule has 37 heavy (non-hydrogen) atoms. The molecule has 0 fully saturated rings. The molecule has 1 aromatic heterocycles. The normalized spacial score (nSPS) is 12.2. The maximum absolute atomic E-state index is 13.2. The van der Waals surface area contributed by atoms with E-state index in [-0.39, 0.29) is 6.42 Å². The van der Waals surface area contributed by atoms with E-state index in [0.29, 0.717) is 40.9 Å². The molecular weight excluding hydrogens is 514 g/mol. The number of hydrogen-bond donors (Lipinski definition) is 1. The van der Waals surface area contributed by atoms with Crippen molar-refractivity contribution in [2.45, 2.75) is 20.3 Å². The van der Waals surface area contributed by atoms with Gasteiger partial charge in [-0.3, -0.25) is 9.59 Å². The van der Waals surface area contributed by atoms with E-state index in [1.54, 1.807) is 74.5 Å². The van der Waals surface area contributed by atoms with E-state index in [1.165, 1.54) is 17.2 Å². The van der Waals surface area contributed by atoms with E-state index in [4.69, 9.17) is 16.3 Å². The molecular formula is C27H28ClN3O5S. The molecule has 1 N–H and O–H groups in total. The summed E-state index contributed by atoms with van der Waals surface area (Å²) in [6, 6.07) is 18.9. The summed E-state index contributed by atoms with van der Waals surface area (Å²) in [7, 11) is -4.12. The van der Waals surface area contributed by atoms with Crippen molar-refractivity contribution in [3.63, 3.8) is 0 Å². The summed E-state index contributed by atoms with van der Waals surface area (Å²) in [5.41, 5.74) is 1.32. The number of pyridine rings is 1. The van der Waals surface area contributed by atoms with Crippen LogP contribution in [0.2, 0.25) is 5.02 Å². The fourth-order valence-electron chi connectivity index (χ4n) is 3.50. The largest absolute Gasteiger partial charge is 0.439 e. The molecule has 0 saturated carbocycles. The molecule has 0 bridgehead atoms. The summed E-state index contributed by atoms with van der Waals surface area (Å²) in [5.74, 6) is -1.71. The lowest BCUT2D eigenvalue weighted by molar-refractivity contribution is -0.141. The maximum Gasteiger partial charge on any atom is 0.257 e. The molecule has 2 amide bonds. The van der Waals surface area contributed by atoms with Gasteiger partial charge in [0, 0.05) is 25.4 Å². The van der Waals surface area contributed by atoms with Crippen molar-refractivity contribution in [1.29, 1.82) is 0 Å². The summed E-state index contributed by atoms with van der Waals surface area (Å²) in [4.78, 5) is 31.8. The molecule has 3 rings (SSSR count). The average molecular weight is 542 g/mol. The van der Waals surface area contributed by atoms with Crippen molar-refractivity contribution in [2.75, 3.05) is 13.1 Å². The molecule has 194 valence electrons. The number of hydrogen-bond acceptors (Lipinski definition) is 6. The number of carbonyl (C=O) groups excluding carboxylic acids is 2. The topological polar surface area (TPSA) is 106 Å². The number of sulfonamides is 1. The molecule has 2 aromatic carbocycles. The number of nitrogens with one attached hydrogen (secondary N) is 1. The molecule has 8 nitrogen and oxygen atoms in total. The molecule has 1 atom stereocenters. The van der Waals surface area contributed by atoms with Crippen LogP contribution >= 0.6 is 11.6 Å². The van der Waals surface area contributed by atoms with Crippen molar-refractivity contribution in [1.82, 2.24) is 14.6 Å². The number of halogens is 1. The van der Waals surface area contributed by atoms with Crippen LogP contribution in [0.1, 0.15) is 25.0 Å². The first-order valence-corrected chi connectivity index (χ1v) is 13.6. The zero-order valence-corrected chi connectivity index (χ0v) is 22.1. The van der Waals surface area contributed by atoms with Gasteiger partial charge >= 0.3 is 0 Å². The lowest BCUT2D eigenvalue weighted by atomic mass is 9.97. The first kappa shape index (κ1) is 27.9. The zero-order chi connectivity index (χ0) is 26.8. The van der Waals surface area contributed by atoms with Crippen molar-refractivity contribution in [2.24, 2.45) is 5.92 Å². The van der Waals surface area contributed by atoms with Gasteiger partial charge in [0.25, 0.3) is 10.0 Å². The Morgan fingerprint density at radius 3 is 2.30 bits per heavy atom. The van der Waals surface area contributed by atoms with Gasteiger partial charge in [0.2, 0.25) is 17.7 Å². The highest BCUT2D eigenvalue weighted by Gasteiger charge is 2.32. The monoisotopic (exact) mass is 541 g/mol. The highest BCUT2D eigenvalue weighted by atomic mass is 35.5. The van der Waals surface area contributed by atoms with Gasteiger partial charge < -0.3 is 9.64 Å². The predicted molar refractivity (Wildman–Crippen MR) is 143 cm³/mol. The van der Waals surface area contributed by atoms with Crippen molar-refractivity contribution in [3.8, 4) is 11.6 Å². The second kappa shape index (κ2) is 13.0. The van der Waals surface area contributed by atoms with Crippen LogP contribution in [0.25, 0.3) is 6.08 Å². The number of rotatable bonds is 11. The van der Waals surface area contributed by atoms with Crippen LogP contribution in [-0.2, 0) is 26.0 Å². The Balaban J connectivity index is 1.76. The lowest BCUT2D eigenvalue weighted by Gasteiger charge is -2.24. The van der Waals surface area contributed by atoms with Gasteiger partial charge in [-0.2, -0.15) is 0 Å². The van der Waals surface area contributed by atoms with Crippen LogP contribution in [0.3, 0.4) is 0 Å². The second-order valence-electron chi connectivity index (χ2n) is 8.05. The summed E-state index contributed by atoms with van der Waals surface area (Å²) in [5, 5.41) is 1.40. The molecule has 0 radical (unpaired) electrons. The number of carbonyl (C=O) groups is 2. The van der Waals surface area contributed by atoms with E-state index in [0.717, 1.165) is 5.41 Å². The Morgan fingerprint density at radius 2 is 1.70 bits per heavy atom. The molecule has 0 aliphatic heterocycles. The first-order valence-electron chi connectivity index (χ1n) is 11.7. The number of amides is 2. The van der Waals surface area contributed by atoms with Crippen LogP contribution in [-0.4, -0.2) is 43.2 Å². The Kier molecular flexibility index (Phi) is 9.82. The Bertz CT molecular complexity index is 1320. The zero-order valence-electron chi connectivity index (χ0n) is 20.5. The fraction of sp³-hybridized carbons (Fsp3) is 0.222. The third-order valence-electron chi connectivity index (χ3n) is 5.46. The van der Waals surface area contributed by atoms with Crippen LogP contribution in [0.4, 0.5) is 0 Å². The van der Waals surface area contributed by atoms with Crippen molar-refractivity contribution >= 4 is 39.5 Å². The third kappa shape index (κ3) is 8.44. The quantitative estimate of drug-likeness (QED) is 0.354. The standard InChI is InChI=1S/C27H28ClN3O5S/c1-3-31(4-2)27(33)24(26(32)30-37(34,35)17-16-20-8-6-5-7-9-20)18-21-10-13-23(14-11-21)36-25-15-12-22(28)19-29-25/h5-17,19,24H,3-4,18H2,1-2H3,(H,30,32). The lowest BCUT2D eigenvalue weighted by Crippen LogP contribution is -2.45. The van der Waals surface area contributed by atoms with E-state index < -0.39 is 27.8 Å². The minimum absolute atomic E-state index is 0.0125. The summed E-state index contributed by atoms with van der Waals surface area (Å²) in [6.07, 6.45) is 2.86. The van der Waals surface area contributed by atoms with E-state index in [9.17, 15) is 18.0 Å².